The average Bonchev–Trinajstić information content (AvgIpc) is 2.93. The van der Waals surface area contributed by atoms with Crippen LogP contribution in [-0.2, 0) is 13.6 Å². The Kier molecular flexibility index (Phi) is 7.52. The Balaban J connectivity index is 2.20. The standard InChI is InChI=1S/C22H40ClNO3Si2/c1-21(2,3)28(7,8)25-15-19-18(27-29(9,10)22(4,5)6)13-17(26-19)16-11-12-20(23)24-14-16/h11-12,14,17-19H,13,15H2,1-10H3/t17-,18+,19-/m1/s1. The van der Waals surface area contributed by atoms with Gasteiger partial charge in [-0.2, -0.15) is 0 Å². The fourth-order valence-corrected chi connectivity index (χ4v) is 5.33. The summed E-state index contributed by atoms with van der Waals surface area (Å²) in [6.45, 7) is 23.4. The second kappa shape index (κ2) is 8.71. The number of halogens is 1. The molecule has 0 N–H and O–H groups in total. The van der Waals surface area contributed by atoms with Crippen LogP contribution in [0.15, 0.2) is 18.3 Å². The van der Waals surface area contributed by atoms with E-state index in [1.807, 2.05) is 18.3 Å². The SMILES string of the molecule is CC(C)(C)[Si](C)(C)OC[C@H]1O[C@@H](c2ccc(Cl)nc2)C[C@@H]1O[Si](C)(C)C(C)(C)C. The van der Waals surface area contributed by atoms with E-state index < -0.39 is 16.6 Å². The normalized spacial score (nSPS) is 24.2. The van der Waals surface area contributed by atoms with Crippen LogP contribution in [0.5, 0.6) is 0 Å². The Hall–Kier alpha value is -0.246. The highest BCUT2D eigenvalue weighted by Gasteiger charge is 2.46. The first-order chi connectivity index (χ1) is 13.0. The van der Waals surface area contributed by atoms with Gasteiger partial charge in [-0.1, -0.05) is 59.2 Å². The van der Waals surface area contributed by atoms with Crippen molar-refractivity contribution in [2.45, 2.75) is 103 Å². The zero-order valence-corrected chi connectivity index (χ0v) is 22.7. The lowest BCUT2D eigenvalue weighted by molar-refractivity contribution is -0.0165. The molecule has 0 spiro atoms. The van der Waals surface area contributed by atoms with E-state index in [2.05, 4.69) is 72.7 Å². The zero-order chi connectivity index (χ0) is 22.3. The number of nitrogens with zero attached hydrogens (tertiary/aromatic N) is 1. The molecule has 3 atom stereocenters. The first-order valence-corrected chi connectivity index (χ1v) is 16.8. The van der Waals surface area contributed by atoms with Crippen LogP contribution in [0.2, 0.25) is 41.4 Å². The van der Waals surface area contributed by atoms with Gasteiger partial charge in [0.15, 0.2) is 16.6 Å². The smallest absolute Gasteiger partial charge is 0.192 e. The second-order valence-electron chi connectivity index (χ2n) is 11.3. The molecule has 1 aromatic rings. The van der Waals surface area contributed by atoms with Crippen LogP contribution in [0.3, 0.4) is 0 Å². The van der Waals surface area contributed by atoms with Crippen molar-refractivity contribution in [3.8, 4) is 0 Å². The highest BCUT2D eigenvalue weighted by atomic mass is 35.5. The van der Waals surface area contributed by atoms with Crippen molar-refractivity contribution in [3.05, 3.63) is 29.0 Å². The Bertz CT molecular complexity index is 681. The van der Waals surface area contributed by atoms with E-state index >= 15 is 0 Å². The molecule has 0 unspecified atom stereocenters. The highest BCUT2D eigenvalue weighted by Crippen LogP contribution is 2.43. The van der Waals surface area contributed by atoms with Crippen molar-refractivity contribution in [1.82, 2.24) is 4.98 Å². The molecule has 7 heteroatoms. The summed E-state index contributed by atoms with van der Waals surface area (Å²) in [7, 11) is -3.78. The molecule has 0 aromatic carbocycles. The summed E-state index contributed by atoms with van der Waals surface area (Å²) in [6.07, 6.45) is 2.55. The summed E-state index contributed by atoms with van der Waals surface area (Å²) < 4.78 is 19.8. The topological polar surface area (TPSA) is 40.6 Å². The molecule has 2 rings (SSSR count). The molecule has 166 valence electrons. The summed E-state index contributed by atoms with van der Waals surface area (Å²) in [6, 6.07) is 3.82. The van der Waals surface area contributed by atoms with Crippen LogP contribution in [0.25, 0.3) is 0 Å². The molecule has 1 aromatic heterocycles. The molecule has 1 fully saturated rings. The minimum Gasteiger partial charge on any atom is -0.414 e. The lowest BCUT2D eigenvalue weighted by atomic mass is 10.1. The predicted octanol–water partition coefficient (Wildman–Crippen LogP) is 6.98. The summed E-state index contributed by atoms with van der Waals surface area (Å²) in [5.74, 6) is 0. The Labute approximate surface area is 185 Å². The van der Waals surface area contributed by atoms with E-state index in [4.69, 9.17) is 25.2 Å². The third-order valence-electron chi connectivity index (χ3n) is 6.99. The van der Waals surface area contributed by atoms with Gasteiger partial charge in [-0.25, -0.2) is 4.98 Å². The lowest BCUT2D eigenvalue weighted by Gasteiger charge is -2.40. The molecule has 29 heavy (non-hydrogen) atoms. The van der Waals surface area contributed by atoms with Crippen LogP contribution >= 0.6 is 11.6 Å². The molecule has 0 bridgehead atoms. The first-order valence-electron chi connectivity index (χ1n) is 10.6. The van der Waals surface area contributed by atoms with E-state index in [1.54, 1.807) is 0 Å². The molecule has 1 saturated heterocycles. The fourth-order valence-electron chi connectivity index (χ4n) is 2.84. The van der Waals surface area contributed by atoms with Gasteiger partial charge in [-0.05, 0) is 47.9 Å². The Morgan fingerprint density at radius 1 is 1.03 bits per heavy atom. The number of ether oxygens (including phenoxy) is 1. The molecule has 0 saturated carbocycles. The van der Waals surface area contributed by atoms with Crippen molar-refractivity contribution in [1.29, 1.82) is 0 Å². The molecule has 2 heterocycles. The minimum atomic E-state index is -1.92. The lowest BCUT2D eigenvalue weighted by Crippen LogP contribution is -2.48. The van der Waals surface area contributed by atoms with Crippen molar-refractivity contribution in [2.24, 2.45) is 0 Å². The molecule has 0 radical (unpaired) electrons. The van der Waals surface area contributed by atoms with Crippen LogP contribution in [-0.4, -0.2) is 40.4 Å². The zero-order valence-electron chi connectivity index (χ0n) is 19.9. The molecule has 1 aliphatic rings. The van der Waals surface area contributed by atoms with Crippen LogP contribution in [0.4, 0.5) is 0 Å². The first kappa shape index (κ1) is 25.0. The fraction of sp³-hybridized carbons (Fsp3) is 0.773. The molecule has 0 amide bonds. The van der Waals surface area contributed by atoms with Gasteiger partial charge >= 0.3 is 0 Å². The maximum Gasteiger partial charge on any atom is 0.192 e. The number of hydrogen-bond acceptors (Lipinski definition) is 4. The predicted molar refractivity (Wildman–Crippen MR) is 127 cm³/mol. The largest absolute Gasteiger partial charge is 0.414 e. The molecular weight excluding hydrogens is 418 g/mol. The maximum absolute atomic E-state index is 6.80. The third-order valence-corrected chi connectivity index (χ3v) is 16.2. The number of hydrogen-bond donors (Lipinski definition) is 0. The minimum absolute atomic E-state index is 0.0290. The van der Waals surface area contributed by atoms with Gasteiger partial charge in [-0.15, -0.1) is 0 Å². The average molecular weight is 458 g/mol. The monoisotopic (exact) mass is 457 g/mol. The summed E-state index contributed by atoms with van der Waals surface area (Å²) in [5.41, 5.74) is 1.05. The third kappa shape index (κ3) is 6.14. The van der Waals surface area contributed by atoms with Crippen LogP contribution < -0.4 is 0 Å². The number of rotatable bonds is 6. The molecule has 1 aliphatic heterocycles. The van der Waals surface area contributed by atoms with E-state index in [0.29, 0.717) is 11.8 Å². The van der Waals surface area contributed by atoms with Gasteiger partial charge in [0, 0.05) is 12.6 Å². The summed E-state index contributed by atoms with van der Waals surface area (Å²) in [5, 5.41) is 0.817. The van der Waals surface area contributed by atoms with Gasteiger partial charge in [0.05, 0.1) is 18.8 Å². The number of pyridine rings is 1. The van der Waals surface area contributed by atoms with Gasteiger partial charge in [-0.3, -0.25) is 0 Å². The summed E-state index contributed by atoms with van der Waals surface area (Å²) >= 11 is 5.97. The van der Waals surface area contributed by atoms with Gasteiger partial charge in [0.25, 0.3) is 0 Å². The van der Waals surface area contributed by atoms with Crippen molar-refractivity contribution < 1.29 is 13.6 Å². The van der Waals surface area contributed by atoms with Crippen LogP contribution in [0.1, 0.15) is 59.6 Å². The van der Waals surface area contributed by atoms with Crippen LogP contribution in [0, 0.1) is 0 Å². The Morgan fingerprint density at radius 2 is 1.62 bits per heavy atom. The van der Waals surface area contributed by atoms with E-state index in [9.17, 15) is 0 Å². The highest BCUT2D eigenvalue weighted by molar-refractivity contribution is 6.74. The molecular formula is C22H40ClNO3Si2. The molecule has 0 aliphatic carbocycles. The van der Waals surface area contributed by atoms with Gasteiger partial charge in [0.1, 0.15) is 11.3 Å². The second-order valence-corrected chi connectivity index (χ2v) is 21.3. The van der Waals surface area contributed by atoms with E-state index in [-0.39, 0.29) is 28.4 Å². The van der Waals surface area contributed by atoms with Gasteiger partial charge < -0.3 is 13.6 Å². The van der Waals surface area contributed by atoms with Crippen molar-refractivity contribution >= 4 is 28.2 Å². The quantitative estimate of drug-likeness (QED) is 0.341. The van der Waals surface area contributed by atoms with E-state index in [0.717, 1.165) is 12.0 Å². The van der Waals surface area contributed by atoms with Crippen molar-refractivity contribution in [2.75, 3.05) is 6.61 Å². The molecule has 4 nitrogen and oxygen atoms in total. The Morgan fingerprint density at radius 3 is 2.10 bits per heavy atom. The van der Waals surface area contributed by atoms with E-state index in [1.165, 1.54) is 0 Å². The summed E-state index contributed by atoms with van der Waals surface area (Å²) in [4.78, 5) is 4.23. The number of aromatic nitrogens is 1. The van der Waals surface area contributed by atoms with Gasteiger partial charge in [0.2, 0.25) is 0 Å². The van der Waals surface area contributed by atoms with Crippen molar-refractivity contribution in [3.63, 3.8) is 0 Å². The maximum atomic E-state index is 6.80.